The molecule has 0 saturated heterocycles. The van der Waals surface area contributed by atoms with Crippen LogP contribution in [0.1, 0.15) is 22.3 Å². The summed E-state index contributed by atoms with van der Waals surface area (Å²) >= 11 is 3.36. The number of benzene rings is 2. The molecule has 0 atom stereocenters. The Balaban J connectivity index is 1.79. The van der Waals surface area contributed by atoms with Crippen LogP contribution >= 0.6 is 15.9 Å². The molecule has 2 aromatic carbocycles. The van der Waals surface area contributed by atoms with Gasteiger partial charge in [0.2, 0.25) is 5.91 Å². The Bertz CT molecular complexity index is 711. The lowest BCUT2D eigenvalue weighted by Gasteiger charge is -2.17. The van der Waals surface area contributed by atoms with Gasteiger partial charge in [0.15, 0.2) is 0 Å². The molecule has 0 bridgehead atoms. The van der Waals surface area contributed by atoms with Crippen LogP contribution in [0.25, 0.3) is 0 Å². The summed E-state index contributed by atoms with van der Waals surface area (Å²) in [6, 6.07) is 12.8. The van der Waals surface area contributed by atoms with Crippen LogP contribution < -0.4 is 10.6 Å². The Kier molecular flexibility index (Phi) is 3.75. The highest BCUT2D eigenvalue weighted by atomic mass is 79.9. The van der Waals surface area contributed by atoms with E-state index in [4.69, 9.17) is 0 Å². The van der Waals surface area contributed by atoms with E-state index in [1.807, 2.05) is 30.3 Å². The molecule has 0 saturated carbocycles. The van der Waals surface area contributed by atoms with E-state index in [1.165, 1.54) is 0 Å². The largest absolute Gasteiger partial charge is 0.326 e. The second-order valence-electron chi connectivity index (χ2n) is 4.88. The average molecular weight is 345 g/mol. The van der Waals surface area contributed by atoms with Crippen molar-refractivity contribution in [1.82, 2.24) is 0 Å². The molecule has 1 aliphatic rings. The van der Waals surface area contributed by atoms with Gasteiger partial charge in [0.05, 0.1) is 0 Å². The molecule has 0 spiro atoms. The minimum Gasteiger partial charge on any atom is -0.326 e. The fraction of sp³-hybridized carbons (Fsp3) is 0.125. The van der Waals surface area contributed by atoms with Crippen LogP contribution in [-0.4, -0.2) is 11.8 Å². The van der Waals surface area contributed by atoms with Crippen LogP contribution in [-0.2, 0) is 11.2 Å². The van der Waals surface area contributed by atoms with Crippen molar-refractivity contribution in [2.24, 2.45) is 0 Å². The molecule has 2 aromatic rings. The highest BCUT2D eigenvalue weighted by Gasteiger charge is 2.16. The number of nitrogens with one attached hydrogen (secondary N) is 2. The first-order valence-electron chi connectivity index (χ1n) is 6.61. The van der Waals surface area contributed by atoms with Crippen LogP contribution in [0.3, 0.4) is 0 Å². The lowest BCUT2D eigenvalue weighted by Crippen LogP contribution is -2.20. The van der Waals surface area contributed by atoms with Gasteiger partial charge >= 0.3 is 0 Å². The van der Waals surface area contributed by atoms with Crippen molar-refractivity contribution in [3.63, 3.8) is 0 Å². The Morgan fingerprint density at radius 2 is 1.86 bits per heavy atom. The summed E-state index contributed by atoms with van der Waals surface area (Å²) in [7, 11) is 0. The van der Waals surface area contributed by atoms with Crippen LogP contribution in [0.2, 0.25) is 0 Å². The van der Waals surface area contributed by atoms with E-state index >= 15 is 0 Å². The predicted octanol–water partition coefficient (Wildman–Crippen LogP) is 3.59. The summed E-state index contributed by atoms with van der Waals surface area (Å²) in [6.45, 7) is 0. The first-order valence-corrected chi connectivity index (χ1v) is 7.41. The molecule has 2 amide bonds. The minimum atomic E-state index is -0.156. The Morgan fingerprint density at radius 1 is 1.10 bits per heavy atom. The maximum Gasteiger partial charge on any atom is 0.255 e. The Morgan fingerprint density at radius 3 is 2.62 bits per heavy atom. The van der Waals surface area contributed by atoms with Crippen LogP contribution in [0.15, 0.2) is 46.9 Å². The van der Waals surface area contributed by atoms with Gasteiger partial charge in [-0.05, 0) is 54.4 Å². The van der Waals surface area contributed by atoms with Crippen LogP contribution in [0.5, 0.6) is 0 Å². The van der Waals surface area contributed by atoms with Crippen molar-refractivity contribution in [2.75, 3.05) is 10.6 Å². The molecule has 106 valence electrons. The first kappa shape index (κ1) is 13.8. The number of carbonyl (C=O) groups is 2. The third-order valence-electron chi connectivity index (χ3n) is 3.37. The summed E-state index contributed by atoms with van der Waals surface area (Å²) in [4.78, 5) is 23.6. The van der Waals surface area contributed by atoms with Gasteiger partial charge in [-0.15, -0.1) is 0 Å². The topological polar surface area (TPSA) is 58.2 Å². The van der Waals surface area contributed by atoms with Gasteiger partial charge in [-0.1, -0.05) is 15.9 Å². The molecule has 1 heterocycles. The molecule has 0 unspecified atom stereocenters. The van der Waals surface area contributed by atoms with Crippen LogP contribution in [0.4, 0.5) is 11.4 Å². The van der Waals surface area contributed by atoms with Gasteiger partial charge in [0.25, 0.3) is 5.91 Å². The fourth-order valence-corrected chi connectivity index (χ4v) is 2.53. The van der Waals surface area contributed by atoms with Gasteiger partial charge in [-0.3, -0.25) is 9.59 Å². The molecule has 3 rings (SSSR count). The van der Waals surface area contributed by atoms with Crippen molar-refractivity contribution in [3.05, 3.63) is 58.1 Å². The maximum absolute atomic E-state index is 12.2. The number of hydrogen-bond acceptors (Lipinski definition) is 2. The van der Waals surface area contributed by atoms with Gasteiger partial charge < -0.3 is 10.6 Å². The molecular weight excluding hydrogens is 332 g/mol. The van der Waals surface area contributed by atoms with Gasteiger partial charge in [-0.25, -0.2) is 0 Å². The number of rotatable bonds is 2. The minimum absolute atomic E-state index is 0.0227. The van der Waals surface area contributed by atoms with Gasteiger partial charge in [-0.2, -0.15) is 0 Å². The molecule has 0 aliphatic carbocycles. The molecule has 1 aliphatic heterocycles. The van der Waals surface area contributed by atoms with E-state index in [0.29, 0.717) is 18.4 Å². The summed E-state index contributed by atoms with van der Waals surface area (Å²) in [5.74, 6) is -0.133. The zero-order chi connectivity index (χ0) is 14.8. The lowest BCUT2D eigenvalue weighted by atomic mass is 10.00. The number of halogens is 1. The molecule has 2 N–H and O–H groups in total. The Hall–Kier alpha value is -2.14. The van der Waals surface area contributed by atoms with Gasteiger partial charge in [0.1, 0.15) is 0 Å². The third-order valence-corrected chi connectivity index (χ3v) is 3.89. The van der Waals surface area contributed by atoms with Crippen LogP contribution in [0, 0.1) is 0 Å². The number of anilines is 2. The number of aryl methyl sites for hydroxylation is 1. The van der Waals surface area contributed by atoms with E-state index in [0.717, 1.165) is 21.4 Å². The van der Waals surface area contributed by atoms with Crippen molar-refractivity contribution in [3.8, 4) is 0 Å². The second kappa shape index (κ2) is 5.69. The number of fused-ring (bicyclic) bond motifs is 1. The first-order chi connectivity index (χ1) is 10.1. The van der Waals surface area contributed by atoms with E-state index in [-0.39, 0.29) is 11.8 Å². The highest BCUT2D eigenvalue weighted by molar-refractivity contribution is 9.10. The zero-order valence-electron chi connectivity index (χ0n) is 11.2. The normalized spacial score (nSPS) is 13.3. The molecule has 4 nitrogen and oxygen atoms in total. The third kappa shape index (κ3) is 3.13. The summed E-state index contributed by atoms with van der Waals surface area (Å²) in [5, 5.41) is 5.66. The molecule has 5 heteroatoms. The summed E-state index contributed by atoms with van der Waals surface area (Å²) < 4.78 is 0.963. The standard InChI is InChI=1S/C16H13BrN2O2/c17-12-3-5-13(6-4-12)18-16(21)11-1-7-14-10(9-11)2-8-15(20)19-14/h1,3-7,9H,2,8H2,(H,18,21)(H,19,20). The van der Waals surface area contributed by atoms with E-state index < -0.39 is 0 Å². The molecular formula is C16H13BrN2O2. The van der Waals surface area contributed by atoms with Crippen molar-refractivity contribution in [1.29, 1.82) is 0 Å². The summed E-state index contributed by atoms with van der Waals surface area (Å²) in [5.41, 5.74) is 3.13. The van der Waals surface area contributed by atoms with Gasteiger partial charge in [0, 0.05) is 27.8 Å². The number of amides is 2. The van der Waals surface area contributed by atoms with Crippen molar-refractivity contribution >= 4 is 39.1 Å². The fourth-order valence-electron chi connectivity index (χ4n) is 2.26. The lowest BCUT2D eigenvalue weighted by molar-refractivity contribution is -0.116. The van der Waals surface area contributed by atoms with E-state index in [1.54, 1.807) is 12.1 Å². The highest BCUT2D eigenvalue weighted by Crippen LogP contribution is 2.24. The maximum atomic E-state index is 12.2. The van der Waals surface area contributed by atoms with Crippen molar-refractivity contribution in [2.45, 2.75) is 12.8 Å². The zero-order valence-corrected chi connectivity index (χ0v) is 12.7. The van der Waals surface area contributed by atoms with E-state index in [9.17, 15) is 9.59 Å². The smallest absolute Gasteiger partial charge is 0.255 e. The molecule has 0 fully saturated rings. The SMILES string of the molecule is O=C1CCc2cc(C(=O)Nc3ccc(Br)cc3)ccc2N1. The molecule has 0 aromatic heterocycles. The predicted molar refractivity (Wildman–Crippen MR) is 85.5 cm³/mol. The van der Waals surface area contributed by atoms with E-state index in [2.05, 4.69) is 26.6 Å². The van der Waals surface area contributed by atoms with Crippen molar-refractivity contribution < 1.29 is 9.59 Å². The quantitative estimate of drug-likeness (QED) is 0.874. The molecule has 21 heavy (non-hydrogen) atoms. The second-order valence-corrected chi connectivity index (χ2v) is 5.80. The average Bonchev–Trinajstić information content (AvgIpc) is 2.49. The number of hydrogen-bond donors (Lipinski definition) is 2. The number of carbonyl (C=O) groups excluding carboxylic acids is 2. The summed E-state index contributed by atoms with van der Waals surface area (Å²) in [6.07, 6.45) is 1.13. The monoisotopic (exact) mass is 344 g/mol. The Labute approximate surface area is 130 Å². The molecule has 0 radical (unpaired) electrons.